The number of para-hydroxylation sites is 1. The van der Waals surface area contributed by atoms with E-state index in [1.54, 1.807) is 24.4 Å². The van der Waals surface area contributed by atoms with Gasteiger partial charge in [-0.3, -0.25) is 9.59 Å². The molecule has 2 heterocycles. The number of carbonyl (C=O) groups excluding carboxylic acids is 2. The first-order valence-corrected chi connectivity index (χ1v) is 11.5. The maximum absolute atomic E-state index is 13.7. The molecule has 0 bridgehead atoms. The lowest BCUT2D eigenvalue weighted by Gasteiger charge is -2.12. The highest BCUT2D eigenvalue weighted by molar-refractivity contribution is 6.01. The Morgan fingerprint density at radius 2 is 1.86 bits per heavy atom. The van der Waals surface area contributed by atoms with E-state index >= 15 is 0 Å². The number of aromatic amines is 1. The van der Waals surface area contributed by atoms with Gasteiger partial charge >= 0.3 is 0 Å². The number of fused-ring (bicyclic) bond motifs is 1. The number of halogens is 1. The number of ketones is 1. The Bertz CT molecular complexity index is 1380. The summed E-state index contributed by atoms with van der Waals surface area (Å²) in [4.78, 5) is 33.0. The monoisotopic (exact) mass is 469 g/mol. The molecule has 0 spiro atoms. The van der Waals surface area contributed by atoms with Crippen molar-refractivity contribution in [2.24, 2.45) is 0 Å². The molecule has 2 aromatic heterocycles. The summed E-state index contributed by atoms with van der Waals surface area (Å²) in [5.41, 5.74) is 5.50. The molecule has 176 valence electrons. The molecule has 1 amide bonds. The van der Waals surface area contributed by atoms with E-state index in [1.807, 2.05) is 36.4 Å². The highest BCUT2D eigenvalue weighted by Gasteiger charge is 2.26. The number of nitrogens with one attached hydrogen (secondary N) is 2. The Balaban J connectivity index is 1.40. The molecule has 0 fully saturated rings. The van der Waals surface area contributed by atoms with Crippen LogP contribution in [0.1, 0.15) is 40.0 Å². The molecule has 2 aromatic carbocycles. The van der Waals surface area contributed by atoms with Gasteiger partial charge in [0.1, 0.15) is 5.82 Å². The summed E-state index contributed by atoms with van der Waals surface area (Å²) in [6, 6.07) is 19.6. The zero-order chi connectivity index (χ0) is 24.2. The Labute approximate surface area is 202 Å². The van der Waals surface area contributed by atoms with Crippen LogP contribution in [0.15, 0.2) is 72.9 Å². The van der Waals surface area contributed by atoms with Crippen LogP contribution >= 0.6 is 0 Å². The number of benzene rings is 2. The molecule has 0 radical (unpaired) electrons. The van der Waals surface area contributed by atoms with Crippen molar-refractivity contribution in [3.63, 3.8) is 0 Å². The van der Waals surface area contributed by atoms with E-state index < -0.39 is 11.7 Å². The number of H-pyrrole nitrogens is 1. The summed E-state index contributed by atoms with van der Waals surface area (Å²) < 4.78 is 19.0. The van der Waals surface area contributed by atoms with Gasteiger partial charge in [0.2, 0.25) is 0 Å². The quantitative estimate of drug-likeness (QED) is 0.383. The van der Waals surface area contributed by atoms with E-state index in [4.69, 9.17) is 4.74 Å². The van der Waals surface area contributed by atoms with Crippen molar-refractivity contribution in [3.8, 4) is 17.0 Å². The molecular formula is C28H24FN3O3. The second kappa shape index (κ2) is 9.93. The van der Waals surface area contributed by atoms with Crippen molar-refractivity contribution < 1.29 is 18.7 Å². The van der Waals surface area contributed by atoms with Gasteiger partial charge in [0.05, 0.1) is 5.69 Å². The number of nitrogens with zero attached hydrogens (tertiary/aromatic N) is 1. The molecule has 5 rings (SSSR count). The van der Waals surface area contributed by atoms with Crippen LogP contribution in [0.25, 0.3) is 11.3 Å². The molecule has 0 atom stereocenters. The number of rotatable bonds is 7. The van der Waals surface area contributed by atoms with Crippen LogP contribution in [0.5, 0.6) is 5.75 Å². The van der Waals surface area contributed by atoms with Gasteiger partial charge in [-0.15, -0.1) is 0 Å². The SMILES string of the molecule is O=C(COc1ccccc1F)Nc1cc(-c2[nH]c3c(c2Cc2ccccc2)C(=O)CCC3)ccn1. The number of aryl methyl sites for hydroxylation is 1. The second-order valence-corrected chi connectivity index (χ2v) is 8.47. The zero-order valence-corrected chi connectivity index (χ0v) is 19.0. The third kappa shape index (κ3) is 4.99. The lowest BCUT2D eigenvalue weighted by molar-refractivity contribution is -0.118. The molecule has 2 N–H and O–H groups in total. The van der Waals surface area contributed by atoms with Crippen LogP contribution in [-0.2, 0) is 17.6 Å². The molecule has 6 nitrogen and oxygen atoms in total. The van der Waals surface area contributed by atoms with Gasteiger partial charge in [0.15, 0.2) is 24.0 Å². The summed E-state index contributed by atoms with van der Waals surface area (Å²) in [7, 11) is 0. The van der Waals surface area contributed by atoms with Gasteiger partial charge < -0.3 is 15.0 Å². The molecule has 0 unspecified atom stereocenters. The van der Waals surface area contributed by atoms with Gasteiger partial charge in [-0.05, 0) is 48.2 Å². The van der Waals surface area contributed by atoms with Crippen molar-refractivity contribution in [3.05, 3.63) is 101 Å². The van der Waals surface area contributed by atoms with Crippen LogP contribution in [0.4, 0.5) is 10.2 Å². The van der Waals surface area contributed by atoms with Crippen molar-refractivity contribution >= 4 is 17.5 Å². The predicted octanol–water partition coefficient (Wildman–Crippen LogP) is 5.34. The van der Waals surface area contributed by atoms with Crippen LogP contribution < -0.4 is 10.1 Å². The van der Waals surface area contributed by atoms with Gasteiger partial charge in [0.25, 0.3) is 5.91 Å². The third-order valence-electron chi connectivity index (χ3n) is 6.03. The minimum atomic E-state index is -0.531. The number of Topliss-reactive ketones (excluding diaryl/α,β-unsaturated/α-hetero) is 1. The maximum atomic E-state index is 13.7. The molecule has 7 heteroatoms. The van der Waals surface area contributed by atoms with E-state index in [1.165, 1.54) is 12.1 Å². The first-order chi connectivity index (χ1) is 17.1. The van der Waals surface area contributed by atoms with Crippen LogP contribution in [0.2, 0.25) is 0 Å². The Hall–Kier alpha value is -4.26. The predicted molar refractivity (Wildman–Crippen MR) is 131 cm³/mol. The summed E-state index contributed by atoms with van der Waals surface area (Å²) in [5.74, 6) is -0.474. The minimum Gasteiger partial charge on any atom is -0.481 e. The molecule has 0 saturated carbocycles. The van der Waals surface area contributed by atoms with Crippen molar-refractivity contribution in [2.45, 2.75) is 25.7 Å². The number of hydrogen-bond acceptors (Lipinski definition) is 4. The van der Waals surface area contributed by atoms with Crippen molar-refractivity contribution in [2.75, 3.05) is 11.9 Å². The van der Waals surface area contributed by atoms with Gasteiger partial charge in [-0.2, -0.15) is 0 Å². The third-order valence-corrected chi connectivity index (χ3v) is 6.03. The Kier molecular flexibility index (Phi) is 6.39. The Morgan fingerprint density at radius 3 is 2.69 bits per heavy atom. The number of hydrogen-bond donors (Lipinski definition) is 2. The Morgan fingerprint density at radius 1 is 1.06 bits per heavy atom. The highest BCUT2D eigenvalue weighted by atomic mass is 19.1. The summed E-state index contributed by atoms with van der Waals surface area (Å²) >= 11 is 0. The topological polar surface area (TPSA) is 84.1 Å². The molecule has 1 aliphatic rings. The normalized spacial score (nSPS) is 12.8. The van der Waals surface area contributed by atoms with Gasteiger partial charge in [0, 0.05) is 35.9 Å². The van der Waals surface area contributed by atoms with E-state index in [9.17, 15) is 14.0 Å². The largest absolute Gasteiger partial charge is 0.481 e. The fourth-order valence-corrected chi connectivity index (χ4v) is 4.43. The minimum absolute atomic E-state index is 0.0107. The van der Waals surface area contributed by atoms with Gasteiger partial charge in [-0.25, -0.2) is 9.37 Å². The van der Waals surface area contributed by atoms with E-state index in [2.05, 4.69) is 15.3 Å². The molecule has 0 saturated heterocycles. The fraction of sp³-hybridized carbons (Fsp3) is 0.179. The smallest absolute Gasteiger partial charge is 0.263 e. The van der Waals surface area contributed by atoms with Crippen LogP contribution in [0, 0.1) is 5.82 Å². The van der Waals surface area contributed by atoms with Crippen LogP contribution in [0.3, 0.4) is 0 Å². The standard InChI is InChI=1S/C28H24FN3O3/c29-21-9-4-5-12-24(21)35-17-26(34)32-25-16-19(13-14-30-25)28-20(15-18-7-2-1-3-8-18)27-22(31-28)10-6-11-23(27)33/h1-5,7-9,12-14,16,31H,6,10-11,15,17H2,(H,30,32,34). The van der Waals surface area contributed by atoms with Crippen molar-refractivity contribution in [1.29, 1.82) is 0 Å². The van der Waals surface area contributed by atoms with E-state index in [0.29, 0.717) is 18.7 Å². The lowest BCUT2D eigenvalue weighted by atomic mass is 9.90. The molecular weight excluding hydrogens is 445 g/mol. The summed E-state index contributed by atoms with van der Waals surface area (Å²) in [6.45, 7) is -0.350. The molecule has 35 heavy (non-hydrogen) atoms. The van der Waals surface area contributed by atoms with Crippen molar-refractivity contribution in [1.82, 2.24) is 9.97 Å². The number of pyridine rings is 1. The maximum Gasteiger partial charge on any atom is 0.263 e. The molecule has 4 aromatic rings. The highest BCUT2D eigenvalue weighted by Crippen LogP contribution is 2.35. The zero-order valence-electron chi connectivity index (χ0n) is 19.0. The average Bonchev–Trinajstić information content (AvgIpc) is 3.24. The molecule has 1 aliphatic carbocycles. The molecule has 0 aliphatic heterocycles. The number of amides is 1. The van der Waals surface area contributed by atoms with E-state index in [-0.39, 0.29) is 18.1 Å². The lowest BCUT2D eigenvalue weighted by Crippen LogP contribution is -2.21. The average molecular weight is 470 g/mol. The van der Waals surface area contributed by atoms with E-state index in [0.717, 1.165) is 46.5 Å². The number of ether oxygens (including phenoxy) is 1. The number of aromatic nitrogens is 2. The first-order valence-electron chi connectivity index (χ1n) is 11.5. The number of carbonyl (C=O) groups is 2. The fourth-order valence-electron chi connectivity index (χ4n) is 4.43. The van der Waals surface area contributed by atoms with Crippen LogP contribution in [-0.4, -0.2) is 28.3 Å². The van der Waals surface area contributed by atoms with Gasteiger partial charge in [-0.1, -0.05) is 42.5 Å². The first kappa shape index (κ1) is 22.5. The summed E-state index contributed by atoms with van der Waals surface area (Å²) in [6.07, 6.45) is 4.43. The number of anilines is 1. The second-order valence-electron chi connectivity index (χ2n) is 8.47. The summed E-state index contributed by atoms with van der Waals surface area (Å²) in [5, 5.41) is 2.70.